The minimum Gasteiger partial charge on any atom is -0.371 e. The summed E-state index contributed by atoms with van der Waals surface area (Å²) in [6, 6.07) is 0.0413. The predicted molar refractivity (Wildman–Crippen MR) is 84.4 cm³/mol. The molecule has 1 aromatic heterocycles. The van der Waals surface area contributed by atoms with Crippen LogP contribution in [0.1, 0.15) is 55.9 Å². The molecule has 5 nitrogen and oxygen atoms in total. The summed E-state index contributed by atoms with van der Waals surface area (Å²) in [5.74, 6) is 0.0870. The van der Waals surface area contributed by atoms with Gasteiger partial charge in [-0.1, -0.05) is 12.5 Å². The third kappa shape index (κ3) is 3.09. The predicted octanol–water partition coefficient (Wildman–Crippen LogP) is 2.57. The van der Waals surface area contributed by atoms with Gasteiger partial charge in [-0.3, -0.25) is 9.48 Å². The highest BCUT2D eigenvalue weighted by Crippen LogP contribution is 2.31. The van der Waals surface area contributed by atoms with E-state index in [2.05, 4.69) is 16.5 Å². The van der Waals surface area contributed by atoms with E-state index in [-0.39, 0.29) is 18.1 Å². The monoisotopic (exact) mass is 303 g/mol. The van der Waals surface area contributed by atoms with Crippen LogP contribution >= 0.6 is 0 Å². The fourth-order valence-corrected chi connectivity index (χ4v) is 3.32. The van der Waals surface area contributed by atoms with Gasteiger partial charge in [0.05, 0.1) is 12.2 Å². The van der Waals surface area contributed by atoms with Crippen LogP contribution in [0.3, 0.4) is 0 Å². The van der Waals surface area contributed by atoms with Crippen molar-refractivity contribution in [3.8, 4) is 0 Å². The van der Waals surface area contributed by atoms with Gasteiger partial charge in [0.2, 0.25) is 5.91 Å². The molecule has 2 atom stereocenters. The first-order valence-corrected chi connectivity index (χ1v) is 8.27. The van der Waals surface area contributed by atoms with Gasteiger partial charge in [-0.2, -0.15) is 5.10 Å². The molecule has 120 valence electrons. The van der Waals surface area contributed by atoms with Crippen LogP contribution in [0.15, 0.2) is 17.8 Å². The highest BCUT2D eigenvalue weighted by atomic mass is 16.5. The summed E-state index contributed by atoms with van der Waals surface area (Å²) in [6.07, 6.45) is 10.2. The van der Waals surface area contributed by atoms with E-state index < -0.39 is 0 Å². The minimum atomic E-state index is -0.0796. The summed E-state index contributed by atoms with van der Waals surface area (Å²) >= 11 is 0. The van der Waals surface area contributed by atoms with Gasteiger partial charge >= 0.3 is 0 Å². The lowest BCUT2D eigenvalue weighted by atomic mass is 10.0. The molecule has 1 aromatic rings. The van der Waals surface area contributed by atoms with Crippen molar-refractivity contribution in [2.24, 2.45) is 7.05 Å². The molecule has 2 aliphatic rings. The summed E-state index contributed by atoms with van der Waals surface area (Å²) in [5.41, 5.74) is 3.13. The molecule has 22 heavy (non-hydrogen) atoms. The normalized spacial score (nSPS) is 25.6. The third-order valence-electron chi connectivity index (χ3n) is 4.82. The smallest absolute Gasteiger partial charge is 0.247 e. The van der Waals surface area contributed by atoms with Crippen molar-refractivity contribution in [1.29, 1.82) is 0 Å². The Morgan fingerprint density at radius 2 is 2.27 bits per heavy atom. The number of carbonyl (C=O) groups is 1. The van der Waals surface area contributed by atoms with Crippen LogP contribution in [0, 0.1) is 6.92 Å². The summed E-state index contributed by atoms with van der Waals surface area (Å²) < 4.78 is 7.72. The maximum absolute atomic E-state index is 12.5. The molecule has 1 aliphatic heterocycles. The van der Waals surface area contributed by atoms with Gasteiger partial charge in [0.1, 0.15) is 6.10 Å². The minimum absolute atomic E-state index is 0.0413. The van der Waals surface area contributed by atoms with Crippen molar-refractivity contribution in [3.63, 3.8) is 0 Å². The zero-order chi connectivity index (χ0) is 15.5. The maximum Gasteiger partial charge on any atom is 0.247 e. The zero-order valence-corrected chi connectivity index (χ0v) is 13.5. The van der Waals surface area contributed by atoms with Crippen LogP contribution in [0.4, 0.5) is 0 Å². The Hall–Kier alpha value is -1.62. The maximum atomic E-state index is 12.5. The van der Waals surface area contributed by atoms with E-state index in [1.807, 2.05) is 24.9 Å². The molecule has 0 radical (unpaired) electrons. The van der Waals surface area contributed by atoms with Crippen molar-refractivity contribution < 1.29 is 9.53 Å². The molecule has 1 amide bonds. The fourth-order valence-electron chi connectivity index (χ4n) is 3.32. The molecular weight excluding hydrogens is 278 g/mol. The molecule has 1 saturated heterocycles. The van der Waals surface area contributed by atoms with Crippen LogP contribution in [0.2, 0.25) is 0 Å². The van der Waals surface area contributed by atoms with Gasteiger partial charge in [0, 0.05) is 30.5 Å². The van der Waals surface area contributed by atoms with Crippen molar-refractivity contribution in [3.05, 3.63) is 29.1 Å². The molecule has 0 aromatic carbocycles. The highest BCUT2D eigenvalue weighted by Gasteiger charge is 2.33. The Kier molecular flexibility index (Phi) is 4.62. The van der Waals surface area contributed by atoms with Crippen LogP contribution < -0.4 is 5.32 Å². The standard InChI is InChI=1S/C17H25N3O2/c1-12-14(11-18-20(12)2)16-15(9-10-22-16)19-17(21)13-7-5-3-4-6-8-13/h7,11,15-16H,3-6,8-10H2,1-2H3,(H,19,21)/t15-,16+/m0/s1. The van der Waals surface area contributed by atoms with Crippen molar-refractivity contribution in [2.75, 3.05) is 6.61 Å². The Bertz CT molecular complexity index is 576. The Morgan fingerprint density at radius 1 is 1.41 bits per heavy atom. The SMILES string of the molecule is Cc1c([C@H]2OCC[C@@H]2NC(=O)C2=CCCCCC2)cnn1C. The molecule has 0 bridgehead atoms. The highest BCUT2D eigenvalue weighted by molar-refractivity contribution is 5.93. The number of allylic oxidation sites excluding steroid dienone is 1. The average Bonchev–Trinajstić information content (AvgIpc) is 2.97. The molecule has 3 rings (SSSR count). The van der Waals surface area contributed by atoms with Crippen molar-refractivity contribution >= 4 is 5.91 Å². The molecule has 0 spiro atoms. The molecule has 1 N–H and O–H groups in total. The van der Waals surface area contributed by atoms with Crippen molar-refractivity contribution in [2.45, 2.75) is 57.6 Å². The topological polar surface area (TPSA) is 56.1 Å². The van der Waals surface area contributed by atoms with E-state index in [4.69, 9.17) is 4.74 Å². The van der Waals surface area contributed by atoms with E-state index in [0.717, 1.165) is 42.5 Å². The molecule has 2 heterocycles. The van der Waals surface area contributed by atoms with Gasteiger partial charge in [-0.05, 0) is 39.0 Å². The summed E-state index contributed by atoms with van der Waals surface area (Å²) in [4.78, 5) is 12.5. The van der Waals surface area contributed by atoms with Crippen LogP contribution in [-0.4, -0.2) is 28.3 Å². The van der Waals surface area contributed by atoms with Crippen molar-refractivity contribution in [1.82, 2.24) is 15.1 Å². The number of aryl methyl sites for hydroxylation is 1. The Balaban J connectivity index is 1.69. The van der Waals surface area contributed by atoms with Gasteiger partial charge in [0.15, 0.2) is 0 Å². The third-order valence-corrected chi connectivity index (χ3v) is 4.82. The number of nitrogens with zero attached hydrogens (tertiary/aromatic N) is 2. The summed E-state index contributed by atoms with van der Waals surface area (Å²) in [7, 11) is 1.93. The summed E-state index contributed by atoms with van der Waals surface area (Å²) in [6.45, 7) is 2.72. The van der Waals surface area contributed by atoms with E-state index in [0.29, 0.717) is 6.61 Å². The van der Waals surface area contributed by atoms with E-state index in [1.54, 1.807) is 0 Å². The quantitative estimate of drug-likeness (QED) is 0.933. The number of amides is 1. The number of aromatic nitrogens is 2. The number of nitrogens with one attached hydrogen (secondary N) is 1. The first-order valence-electron chi connectivity index (χ1n) is 8.27. The molecule has 1 aliphatic carbocycles. The molecular formula is C17H25N3O2. The number of rotatable bonds is 3. The average molecular weight is 303 g/mol. The fraction of sp³-hybridized carbons (Fsp3) is 0.647. The molecule has 5 heteroatoms. The van der Waals surface area contributed by atoms with Crippen LogP contribution in [0.5, 0.6) is 0 Å². The van der Waals surface area contributed by atoms with Crippen LogP contribution in [0.25, 0.3) is 0 Å². The first-order chi connectivity index (χ1) is 10.7. The number of hydrogen-bond donors (Lipinski definition) is 1. The lowest BCUT2D eigenvalue weighted by Crippen LogP contribution is -2.37. The molecule has 0 unspecified atom stereocenters. The second-order valence-corrected chi connectivity index (χ2v) is 6.30. The lowest BCUT2D eigenvalue weighted by molar-refractivity contribution is -0.118. The van der Waals surface area contributed by atoms with Gasteiger partial charge in [-0.25, -0.2) is 0 Å². The number of ether oxygens (including phenoxy) is 1. The van der Waals surface area contributed by atoms with E-state index >= 15 is 0 Å². The Labute approximate surface area is 131 Å². The Morgan fingerprint density at radius 3 is 3.05 bits per heavy atom. The van der Waals surface area contributed by atoms with Gasteiger partial charge in [0.25, 0.3) is 0 Å². The van der Waals surface area contributed by atoms with Crippen LogP contribution in [-0.2, 0) is 16.6 Å². The second kappa shape index (κ2) is 6.65. The van der Waals surface area contributed by atoms with E-state index in [1.165, 1.54) is 12.8 Å². The second-order valence-electron chi connectivity index (χ2n) is 6.30. The zero-order valence-electron chi connectivity index (χ0n) is 13.5. The lowest BCUT2D eigenvalue weighted by Gasteiger charge is -2.20. The molecule has 1 fully saturated rings. The van der Waals surface area contributed by atoms with Gasteiger partial charge < -0.3 is 10.1 Å². The number of hydrogen-bond acceptors (Lipinski definition) is 3. The largest absolute Gasteiger partial charge is 0.371 e. The first kappa shape index (κ1) is 15.3. The van der Waals surface area contributed by atoms with E-state index in [9.17, 15) is 4.79 Å². The van der Waals surface area contributed by atoms with Gasteiger partial charge in [-0.15, -0.1) is 0 Å². The summed E-state index contributed by atoms with van der Waals surface area (Å²) in [5, 5.41) is 7.48. The number of carbonyl (C=O) groups excluding carboxylic acids is 1. The molecule has 0 saturated carbocycles.